The van der Waals surface area contributed by atoms with Crippen LogP contribution >= 0.6 is 22.6 Å². The molecule has 23 heavy (non-hydrogen) atoms. The largest absolute Gasteiger partial charge is 0.293 e. The van der Waals surface area contributed by atoms with Gasteiger partial charge in [-0.2, -0.15) is 0 Å². The molecule has 134 valence electrons. The van der Waals surface area contributed by atoms with Gasteiger partial charge in [-0.3, -0.25) is 4.99 Å². The van der Waals surface area contributed by atoms with Gasteiger partial charge in [-0.05, 0) is 69.3 Å². The molecule has 0 aromatic carbocycles. The normalized spacial score (nSPS) is 24.6. The Labute approximate surface area is 158 Å². The molecular formula is C21H38IN. The molecule has 0 heterocycles. The molecule has 0 aromatic heterocycles. The Morgan fingerprint density at radius 3 is 2.57 bits per heavy atom. The van der Waals surface area contributed by atoms with E-state index in [1.54, 1.807) is 11.1 Å². The Bertz CT molecular complexity index is 429. The van der Waals surface area contributed by atoms with E-state index in [9.17, 15) is 0 Å². The van der Waals surface area contributed by atoms with Gasteiger partial charge < -0.3 is 0 Å². The average Bonchev–Trinajstić information content (AvgIpc) is 2.42. The van der Waals surface area contributed by atoms with Crippen LogP contribution in [0.4, 0.5) is 0 Å². The van der Waals surface area contributed by atoms with Crippen molar-refractivity contribution in [3.05, 3.63) is 11.1 Å². The van der Waals surface area contributed by atoms with Gasteiger partial charge in [-0.1, -0.05) is 68.7 Å². The number of allylic oxidation sites excluding steroid dienone is 2. The third kappa shape index (κ3) is 7.70. The lowest BCUT2D eigenvalue weighted by Crippen LogP contribution is -2.20. The zero-order chi connectivity index (χ0) is 17.5. The highest BCUT2D eigenvalue weighted by molar-refractivity contribution is 14.1. The minimum Gasteiger partial charge on any atom is -0.293 e. The predicted octanol–water partition coefficient (Wildman–Crippen LogP) is 7.53. The molecule has 0 fully saturated rings. The van der Waals surface area contributed by atoms with Gasteiger partial charge >= 0.3 is 0 Å². The van der Waals surface area contributed by atoms with E-state index in [0.717, 1.165) is 6.42 Å². The van der Waals surface area contributed by atoms with Crippen LogP contribution in [0.2, 0.25) is 0 Å². The Morgan fingerprint density at radius 1 is 1.26 bits per heavy atom. The highest BCUT2D eigenvalue weighted by atomic mass is 127. The average molecular weight is 431 g/mol. The fourth-order valence-corrected chi connectivity index (χ4v) is 5.03. The van der Waals surface area contributed by atoms with Crippen LogP contribution in [-0.4, -0.2) is 16.2 Å². The van der Waals surface area contributed by atoms with E-state index in [0.29, 0.717) is 8.84 Å². The van der Waals surface area contributed by atoms with E-state index in [-0.39, 0.29) is 0 Å². The van der Waals surface area contributed by atoms with Crippen molar-refractivity contribution in [2.24, 2.45) is 10.4 Å². The summed E-state index contributed by atoms with van der Waals surface area (Å²) in [6, 6.07) is 0. The molecule has 2 heteroatoms. The van der Waals surface area contributed by atoms with Gasteiger partial charge in [0.1, 0.15) is 0 Å². The molecule has 1 atom stereocenters. The minimum absolute atomic E-state index is 0.426. The van der Waals surface area contributed by atoms with Gasteiger partial charge in [0.05, 0.1) is 0 Å². The molecule has 0 bridgehead atoms. The van der Waals surface area contributed by atoms with E-state index in [1.807, 2.05) is 7.05 Å². The summed E-state index contributed by atoms with van der Waals surface area (Å²) in [6.45, 7) is 11.9. The molecular weight excluding hydrogens is 393 g/mol. The monoisotopic (exact) mass is 431 g/mol. The maximum atomic E-state index is 4.70. The standard InChI is InChI=1S/C21H38IN/c1-7-13-20(3,4)14-10-12-19(23-6)18-11-8-9-15-21(5,22)16-17(18)2/h7-16H2,1-6H3. The lowest BCUT2D eigenvalue weighted by Gasteiger charge is -2.28. The Kier molecular flexibility index (Phi) is 8.82. The lowest BCUT2D eigenvalue weighted by molar-refractivity contribution is 0.298. The van der Waals surface area contributed by atoms with Crippen LogP contribution in [0.3, 0.4) is 0 Å². The molecule has 0 radical (unpaired) electrons. The van der Waals surface area contributed by atoms with Crippen molar-refractivity contribution in [3.8, 4) is 0 Å². The van der Waals surface area contributed by atoms with Crippen molar-refractivity contribution < 1.29 is 0 Å². The Morgan fingerprint density at radius 2 is 1.96 bits per heavy atom. The van der Waals surface area contributed by atoms with Crippen LogP contribution in [0.25, 0.3) is 0 Å². The van der Waals surface area contributed by atoms with E-state index in [1.165, 1.54) is 63.5 Å². The van der Waals surface area contributed by atoms with Crippen molar-refractivity contribution in [2.75, 3.05) is 7.05 Å². The second kappa shape index (κ2) is 9.58. The van der Waals surface area contributed by atoms with Crippen LogP contribution in [0.5, 0.6) is 0 Å². The van der Waals surface area contributed by atoms with Gasteiger partial charge in [0.2, 0.25) is 0 Å². The third-order valence-electron chi connectivity index (χ3n) is 5.34. The highest BCUT2D eigenvalue weighted by Crippen LogP contribution is 2.37. The van der Waals surface area contributed by atoms with E-state index >= 15 is 0 Å². The zero-order valence-corrected chi connectivity index (χ0v) is 18.6. The van der Waals surface area contributed by atoms with Gasteiger partial charge in [0.25, 0.3) is 0 Å². The number of alkyl halides is 1. The third-order valence-corrected chi connectivity index (χ3v) is 6.26. The number of halogens is 1. The van der Waals surface area contributed by atoms with Crippen LogP contribution < -0.4 is 0 Å². The summed E-state index contributed by atoms with van der Waals surface area (Å²) in [6.07, 6.45) is 12.9. The zero-order valence-electron chi connectivity index (χ0n) is 16.4. The number of hydrogen-bond donors (Lipinski definition) is 0. The number of rotatable bonds is 7. The minimum atomic E-state index is 0.426. The summed E-state index contributed by atoms with van der Waals surface area (Å²) in [5.41, 5.74) is 5.06. The van der Waals surface area contributed by atoms with Crippen molar-refractivity contribution in [1.82, 2.24) is 0 Å². The predicted molar refractivity (Wildman–Crippen MR) is 114 cm³/mol. The summed E-state index contributed by atoms with van der Waals surface area (Å²) in [4.78, 5) is 4.70. The maximum Gasteiger partial charge on any atom is 0.0376 e. The fourth-order valence-electron chi connectivity index (χ4n) is 4.08. The van der Waals surface area contributed by atoms with E-state index in [2.05, 4.69) is 57.2 Å². The molecule has 0 spiro atoms. The van der Waals surface area contributed by atoms with Crippen molar-refractivity contribution in [3.63, 3.8) is 0 Å². The first kappa shape index (κ1) is 21.2. The van der Waals surface area contributed by atoms with Crippen LogP contribution in [0.15, 0.2) is 16.1 Å². The van der Waals surface area contributed by atoms with Crippen molar-refractivity contribution in [1.29, 1.82) is 0 Å². The molecule has 0 aliphatic heterocycles. The number of aliphatic imine (C=N–C) groups is 1. The molecule has 1 aliphatic rings. The SMILES string of the molecule is CCCC(C)(C)CCCC(=NC)C1=C(C)CC(C)(I)CCCC1. The molecule has 1 unspecified atom stereocenters. The summed E-state index contributed by atoms with van der Waals surface area (Å²) in [5.74, 6) is 0. The van der Waals surface area contributed by atoms with E-state index in [4.69, 9.17) is 4.99 Å². The van der Waals surface area contributed by atoms with Crippen LogP contribution in [0.1, 0.15) is 98.8 Å². The second-order valence-corrected chi connectivity index (χ2v) is 11.1. The lowest BCUT2D eigenvalue weighted by atomic mass is 9.81. The molecule has 0 N–H and O–H groups in total. The number of nitrogens with zero attached hydrogens (tertiary/aromatic N) is 1. The first-order valence-electron chi connectivity index (χ1n) is 9.54. The van der Waals surface area contributed by atoms with Gasteiger partial charge in [0.15, 0.2) is 0 Å². The first-order chi connectivity index (χ1) is 10.7. The summed E-state index contributed by atoms with van der Waals surface area (Å²) < 4.78 is 0.426. The first-order valence-corrected chi connectivity index (χ1v) is 10.6. The van der Waals surface area contributed by atoms with Crippen molar-refractivity contribution >= 4 is 28.3 Å². The fraction of sp³-hybridized carbons (Fsp3) is 0.857. The molecule has 0 amide bonds. The summed E-state index contributed by atoms with van der Waals surface area (Å²) in [5, 5.41) is 0. The second-order valence-electron chi connectivity index (χ2n) is 8.49. The summed E-state index contributed by atoms with van der Waals surface area (Å²) in [7, 11) is 1.99. The molecule has 0 aromatic rings. The van der Waals surface area contributed by atoms with E-state index < -0.39 is 0 Å². The van der Waals surface area contributed by atoms with Crippen molar-refractivity contribution in [2.45, 2.75) is 102 Å². The Balaban J connectivity index is 2.74. The van der Waals surface area contributed by atoms with Crippen LogP contribution in [-0.2, 0) is 0 Å². The topological polar surface area (TPSA) is 12.4 Å². The molecule has 0 saturated carbocycles. The number of hydrogen-bond acceptors (Lipinski definition) is 1. The summed E-state index contributed by atoms with van der Waals surface area (Å²) >= 11 is 2.67. The quantitative estimate of drug-likeness (QED) is 0.224. The van der Waals surface area contributed by atoms with Gasteiger partial charge in [-0.25, -0.2) is 0 Å². The molecule has 1 aliphatic carbocycles. The Hall–Kier alpha value is 0.140. The molecule has 1 rings (SSSR count). The van der Waals surface area contributed by atoms with Gasteiger partial charge in [0, 0.05) is 16.2 Å². The van der Waals surface area contributed by atoms with Crippen LogP contribution in [0, 0.1) is 5.41 Å². The maximum absolute atomic E-state index is 4.70. The smallest absolute Gasteiger partial charge is 0.0376 e. The molecule has 1 nitrogen and oxygen atoms in total. The van der Waals surface area contributed by atoms with Gasteiger partial charge in [-0.15, -0.1) is 0 Å². The highest BCUT2D eigenvalue weighted by Gasteiger charge is 2.25. The molecule has 0 saturated heterocycles.